The van der Waals surface area contributed by atoms with Crippen molar-refractivity contribution in [3.63, 3.8) is 0 Å². The van der Waals surface area contributed by atoms with Crippen molar-refractivity contribution in [1.82, 2.24) is 15.3 Å². The lowest BCUT2D eigenvalue weighted by Gasteiger charge is -2.32. The van der Waals surface area contributed by atoms with Crippen molar-refractivity contribution in [3.8, 4) is 0 Å². The Morgan fingerprint density at radius 3 is 2.83 bits per heavy atom. The molecule has 2 heterocycles. The van der Waals surface area contributed by atoms with Gasteiger partial charge in [-0.1, -0.05) is 0 Å². The summed E-state index contributed by atoms with van der Waals surface area (Å²) in [5, 5.41) is 3.44. The lowest BCUT2D eigenvalue weighted by molar-refractivity contribution is 0.382. The number of nitrogens with zero attached hydrogens (tertiary/aromatic N) is 3. The Kier molecular flexibility index (Phi) is 6.21. The molecule has 0 unspecified atom stereocenters. The number of guanidine groups is 1. The molecular formula is C14H26N8O. The Labute approximate surface area is 135 Å². The fraction of sp³-hybridized carbons (Fsp3) is 0.643. The number of rotatable bonds is 7. The van der Waals surface area contributed by atoms with Crippen LogP contribution in [0.15, 0.2) is 16.0 Å². The molecule has 0 amide bonds. The molecule has 9 nitrogen and oxygen atoms in total. The van der Waals surface area contributed by atoms with E-state index in [-0.39, 0.29) is 17.5 Å². The molecule has 1 saturated heterocycles. The highest BCUT2D eigenvalue weighted by atomic mass is 16.1. The minimum absolute atomic E-state index is 0.143. The Bertz CT molecular complexity index is 572. The standard InChI is InChI=1S/C14H26N8O/c15-13(16)19-5-1-4-18-8-10-2-6-22(7-3-10)11-9-20-14(17)21-12(11)23/h9-10,18H,1-8H2,(H4,15,16,19)(H3,17,20,21,23). The zero-order valence-electron chi connectivity index (χ0n) is 13.3. The van der Waals surface area contributed by atoms with E-state index >= 15 is 0 Å². The van der Waals surface area contributed by atoms with E-state index in [0.29, 0.717) is 18.2 Å². The normalized spacial score (nSPS) is 15.6. The summed E-state index contributed by atoms with van der Waals surface area (Å²) in [5.41, 5.74) is 16.4. The third-order valence-electron chi connectivity index (χ3n) is 3.99. The molecule has 0 aromatic carbocycles. The quantitative estimate of drug-likeness (QED) is 0.241. The van der Waals surface area contributed by atoms with Crippen LogP contribution in [0.5, 0.6) is 0 Å². The Morgan fingerprint density at radius 1 is 1.43 bits per heavy atom. The number of nitrogens with two attached hydrogens (primary N) is 3. The molecule has 0 spiro atoms. The van der Waals surface area contributed by atoms with Crippen LogP contribution in [-0.2, 0) is 0 Å². The van der Waals surface area contributed by atoms with Crippen LogP contribution in [0.3, 0.4) is 0 Å². The van der Waals surface area contributed by atoms with E-state index in [1.54, 1.807) is 6.20 Å². The maximum atomic E-state index is 11.9. The first-order chi connectivity index (χ1) is 11.1. The topological polar surface area (TPSA) is 151 Å². The van der Waals surface area contributed by atoms with E-state index in [0.717, 1.165) is 45.4 Å². The van der Waals surface area contributed by atoms with Crippen LogP contribution in [-0.4, -0.2) is 48.7 Å². The summed E-state index contributed by atoms with van der Waals surface area (Å²) < 4.78 is 0. The van der Waals surface area contributed by atoms with Gasteiger partial charge in [0.2, 0.25) is 0 Å². The van der Waals surface area contributed by atoms with Gasteiger partial charge in [0, 0.05) is 19.6 Å². The number of nitrogens with one attached hydrogen (secondary N) is 2. The minimum Gasteiger partial charge on any atom is -0.370 e. The van der Waals surface area contributed by atoms with Gasteiger partial charge in [-0.2, -0.15) is 0 Å². The number of H-pyrrole nitrogens is 1. The molecule has 8 N–H and O–H groups in total. The molecule has 0 bridgehead atoms. The molecule has 9 heteroatoms. The number of aliphatic imine (C=N–C) groups is 1. The Balaban J connectivity index is 1.68. The average molecular weight is 322 g/mol. The molecule has 2 rings (SSSR count). The predicted octanol–water partition coefficient (Wildman–Crippen LogP) is -1.18. The molecule has 0 saturated carbocycles. The lowest BCUT2D eigenvalue weighted by atomic mass is 9.96. The number of aromatic amines is 1. The van der Waals surface area contributed by atoms with Gasteiger partial charge in [0.25, 0.3) is 5.56 Å². The van der Waals surface area contributed by atoms with Crippen molar-refractivity contribution in [2.45, 2.75) is 19.3 Å². The molecule has 1 fully saturated rings. The van der Waals surface area contributed by atoms with Gasteiger partial charge in [-0.25, -0.2) is 4.98 Å². The van der Waals surface area contributed by atoms with Crippen molar-refractivity contribution in [3.05, 3.63) is 16.6 Å². The highest BCUT2D eigenvalue weighted by molar-refractivity contribution is 5.75. The Morgan fingerprint density at radius 2 is 2.17 bits per heavy atom. The summed E-state index contributed by atoms with van der Waals surface area (Å²) in [6.07, 6.45) is 4.56. The number of aromatic nitrogens is 2. The predicted molar refractivity (Wildman–Crippen MR) is 92.4 cm³/mol. The van der Waals surface area contributed by atoms with Crippen LogP contribution in [0.2, 0.25) is 0 Å². The van der Waals surface area contributed by atoms with Gasteiger partial charge in [0.15, 0.2) is 11.9 Å². The molecule has 0 radical (unpaired) electrons. The first-order valence-electron chi connectivity index (χ1n) is 7.92. The smallest absolute Gasteiger partial charge is 0.275 e. The van der Waals surface area contributed by atoms with Crippen LogP contribution >= 0.6 is 0 Å². The van der Waals surface area contributed by atoms with Crippen molar-refractivity contribution >= 4 is 17.6 Å². The van der Waals surface area contributed by atoms with Crippen LogP contribution in [0.25, 0.3) is 0 Å². The van der Waals surface area contributed by atoms with E-state index in [9.17, 15) is 4.79 Å². The minimum atomic E-state index is -0.172. The second-order valence-electron chi connectivity index (χ2n) is 5.78. The first-order valence-corrected chi connectivity index (χ1v) is 7.92. The number of anilines is 2. The van der Waals surface area contributed by atoms with Crippen molar-refractivity contribution in [2.24, 2.45) is 22.4 Å². The van der Waals surface area contributed by atoms with Crippen molar-refractivity contribution in [2.75, 3.05) is 43.4 Å². The average Bonchev–Trinajstić information content (AvgIpc) is 2.51. The third-order valence-corrected chi connectivity index (χ3v) is 3.99. The second kappa shape index (κ2) is 8.37. The molecule has 23 heavy (non-hydrogen) atoms. The van der Waals surface area contributed by atoms with Crippen LogP contribution < -0.4 is 33.0 Å². The van der Waals surface area contributed by atoms with Crippen molar-refractivity contribution in [1.29, 1.82) is 0 Å². The van der Waals surface area contributed by atoms with E-state index in [1.165, 1.54) is 0 Å². The maximum absolute atomic E-state index is 11.9. The zero-order valence-corrected chi connectivity index (χ0v) is 13.3. The van der Waals surface area contributed by atoms with Crippen molar-refractivity contribution < 1.29 is 0 Å². The zero-order chi connectivity index (χ0) is 16.7. The molecule has 1 aromatic rings. The summed E-state index contributed by atoms with van der Waals surface area (Å²) >= 11 is 0. The number of hydrogen-bond donors (Lipinski definition) is 5. The van der Waals surface area contributed by atoms with Gasteiger partial charge in [-0.15, -0.1) is 0 Å². The second-order valence-corrected chi connectivity index (χ2v) is 5.78. The maximum Gasteiger partial charge on any atom is 0.275 e. The Hall–Kier alpha value is -2.29. The van der Waals surface area contributed by atoms with E-state index < -0.39 is 0 Å². The molecule has 1 aliphatic rings. The fourth-order valence-electron chi connectivity index (χ4n) is 2.72. The van der Waals surface area contributed by atoms with Gasteiger partial charge in [-0.05, 0) is 38.3 Å². The lowest BCUT2D eigenvalue weighted by Crippen LogP contribution is -2.40. The monoisotopic (exact) mass is 322 g/mol. The number of nitrogen functional groups attached to an aromatic ring is 1. The summed E-state index contributed by atoms with van der Waals surface area (Å²) in [7, 11) is 0. The largest absolute Gasteiger partial charge is 0.370 e. The number of hydrogen-bond acceptors (Lipinski definition) is 6. The molecule has 1 aromatic heterocycles. The third kappa shape index (κ3) is 5.44. The van der Waals surface area contributed by atoms with E-state index in [2.05, 4.69) is 25.2 Å². The highest BCUT2D eigenvalue weighted by Gasteiger charge is 2.21. The summed E-state index contributed by atoms with van der Waals surface area (Å²) in [4.78, 5) is 24.4. The van der Waals surface area contributed by atoms with Gasteiger partial charge in [0.05, 0.1) is 6.20 Å². The summed E-state index contributed by atoms with van der Waals surface area (Å²) in [6.45, 7) is 4.25. The molecular weight excluding hydrogens is 296 g/mol. The molecule has 1 aliphatic heterocycles. The summed E-state index contributed by atoms with van der Waals surface area (Å²) in [5.74, 6) is 0.915. The summed E-state index contributed by atoms with van der Waals surface area (Å²) in [6, 6.07) is 0. The molecule has 0 aliphatic carbocycles. The molecule has 0 atom stereocenters. The van der Waals surface area contributed by atoms with Crippen LogP contribution in [0.4, 0.5) is 11.6 Å². The van der Waals surface area contributed by atoms with Gasteiger partial charge >= 0.3 is 0 Å². The SMILES string of the molecule is NC(N)=NCCCNCC1CCN(c2cnc(N)[nH]c2=O)CC1. The van der Waals surface area contributed by atoms with Gasteiger partial charge < -0.3 is 27.4 Å². The number of piperidine rings is 1. The van der Waals surface area contributed by atoms with Crippen LogP contribution in [0, 0.1) is 5.92 Å². The highest BCUT2D eigenvalue weighted by Crippen LogP contribution is 2.20. The van der Waals surface area contributed by atoms with Crippen LogP contribution in [0.1, 0.15) is 19.3 Å². The van der Waals surface area contributed by atoms with Gasteiger partial charge in [0.1, 0.15) is 5.69 Å². The van der Waals surface area contributed by atoms with Gasteiger partial charge in [-0.3, -0.25) is 14.8 Å². The van der Waals surface area contributed by atoms with E-state index in [4.69, 9.17) is 17.2 Å². The fourth-order valence-corrected chi connectivity index (χ4v) is 2.72. The first kappa shape index (κ1) is 17.1. The molecule has 128 valence electrons. The van der Waals surface area contributed by atoms with E-state index in [1.807, 2.05) is 0 Å².